The maximum atomic E-state index is 6.01. The Kier molecular flexibility index (Phi) is 16.2. The summed E-state index contributed by atoms with van der Waals surface area (Å²) in [5.74, 6) is 3.18. The molecule has 3 aromatic heterocycles. The average molecular weight is 697 g/mol. The fraction of sp³-hybridized carbons (Fsp3) is 0.417. The molecule has 12 heteroatoms. The van der Waals surface area contributed by atoms with Crippen molar-refractivity contribution in [2.75, 3.05) is 19.5 Å². The van der Waals surface area contributed by atoms with Crippen molar-refractivity contribution >= 4 is 51.8 Å². The molecule has 5 N–H and O–H groups in total. The van der Waals surface area contributed by atoms with Gasteiger partial charge in [0.15, 0.2) is 5.13 Å². The molecular formula is C36H52N6O4S2. The number of nitrogens with zero attached hydrogens (tertiary/aromatic N) is 3. The van der Waals surface area contributed by atoms with E-state index in [0.29, 0.717) is 18.6 Å². The zero-order chi connectivity index (χ0) is 34.7. The number of fused-ring (bicyclic) bond motifs is 2. The van der Waals surface area contributed by atoms with Gasteiger partial charge < -0.3 is 35.7 Å². The number of methoxy groups -OCH3 is 2. The predicted octanol–water partition coefficient (Wildman–Crippen LogP) is 7.93. The van der Waals surface area contributed by atoms with Crippen molar-refractivity contribution in [2.45, 2.75) is 86.2 Å². The van der Waals surface area contributed by atoms with Crippen LogP contribution >= 0.6 is 24.8 Å². The molecule has 0 amide bonds. The van der Waals surface area contributed by atoms with Crippen molar-refractivity contribution in [1.29, 1.82) is 0 Å². The molecule has 5 aromatic rings. The van der Waals surface area contributed by atoms with E-state index < -0.39 is 0 Å². The number of nitrogens with two attached hydrogens (primary N) is 2. The number of nitrogens with one attached hydrogen (secondary N) is 1. The number of anilines is 1. The third kappa shape index (κ3) is 12.0. The van der Waals surface area contributed by atoms with Crippen LogP contribution < -0.4 is 35.7 Å². The summed E-state index contributed by atoms with van der Waals surface area (Å²) in [5.41, 5.74) is 14.9. The zero-order valence-electron chi connectivity index (χ0n) is 29.8. The van der Waals surface area contributed by atoms with Crippen LogP contribution in [0.15, 0.2) is 53.9 Å². The van der Waals surface area contributed by atoms with Crippen molar-refractivity contribution in [1.82, 2.24) is 15.0 Å². The molecule has 0 saturated carbocycles. The first-order chi connectivity index (χ1) is 22.3. The quantitative estimate of drug-likeness (QED) is 0.132. The monoisotopic (exact) mass is 696 g/mol. The number of ether oxygens (including phenoxy) is 4. The molecule has 10 nitrogen and oxygen atoms in total. The van der Waals surface area contributed by atoms with Gasteiger partial charge in [-0.15, -0.1) is 11.3 Å². The van der Waals surface area contributed by atoms with Crippen LogP contribution in [0.5, 0.6) is 23.0 Å². The summed E-state index contributed by atoms with van der Waals surface area (Å²) < 4.78 is 22.4. The second kappa shape index (κ2) is 19.2. The fourth-order valence-electron chi connectivity index (χ4n) is 4.30. The number of rotatable bonds is 10. The maximum absolute atomic E-state index is 6.01. The Balaban J connectivity index is 0.000000306. The number of hydrogen-bond donors (Lipinski definition) is 3. The minimum absolute atomic E-state index is 0. The Labute approximate surface area is 296 Å². The van der Waals surface area contributed by atoms with Crippen LogP contribution in [0.3, 0.4) is 0 Å². The van der Waals surface area contributed by atoms with Gasteiger partial charge >= 0.3 is 0 Å². The van der Waals surface area contributed by atoms with Crippen molar-refractivity contribution in [3.05, 3.63) is 59.6 Å². The summed E-state index contributed by atoms with van der Waals surface area (Å²) in [6.07, 6.45) is 0.192. The molecule has 0 aliphatic rings. The average Bonchev–Trinajstić information content (AvgIpc) is 3.47. The lowest BCUT2D eigenvalue weighted by atomic mass is 10.1. The Hall–Kier alpha value is -3.84. The largest absolute Gasteiger partial charge is 0.497 e. The lowest BCUT2D eigenvalue weighted by Crippen LogP contribution is -2.09. The molecule has 262 valence electrons. The molecule has 0 aliphatic carbocycles. The molecule has 0 fully saturated rings. The standard InChI is InChI=1S/C19H23N3O2S.C14H18N2O2.C3H9N.H2S/c1-11(2)20-19-22-17(10-25-19)16-9-18(24-12(3)4)14-7-6-13(23-5)8-15(14)21-16;1-9(2)18-14-6-10(8-15)16-13-7-11(17-3)4-5-12(13)14;1-3(2)4;/h6-12H,1-5H3,(H,20,22);4-7,9H,8,15H2,1-3H3;3H,4H2,1-2H3;1H2. The first-order valence-electron chi connectivity index (χ1n) is 15.8. The van der Waals surface area contributed by atoms with E-state index in [-0.39, 0.29) is 25.7 Å². The zero-order valence-corrected chi connectivity index (χ0v) is 31.6. The third-order valence-electron chi connectivity index (χ3n) is 6.12. The van der Waals surface area contributed by atoms with Gasteiger partial charge in [-0.05, 0) is 71.8 Å². The highest BCUT2D eigenvalue weighted by molar-refractivity contribution is 7.59. The van der Waals surface area contributed by atoms with E-state index in [1.165, 1.54) is 0 Å². The van der Waals surface area contributed by atoms with Gasteiger partial charge in [-0.1, -0.05) is 13.8 Å². The SMILES string of the molecule is CC(C)N.COc1ccc2c(OC(C)C)cc(-c3csc(NC(C)C)n3)nc2c1.COc1ccc2c(OC(C)C)cc(CN)nc2c1.S. The lowest BCUT2D eigenvalue weighted by molar-refractivity contribution is 0.245. The minimum Gasteiger partial charge on any atom is -0.497 e. The molecule has 0 spiro atoms. The summed E-state index contributed by atoms with van der Waals surface area (Å²) in [7, 11) is 3.29. The predicted molar refractivity (Wildman–Crippen MR) is 206 cm³/mol. The van der Waals surface area contributed by atoms with Crippen LogP contribution in [0.1, 0.15) is 61.1 Å². The van der Waals surface area contributed by atoms with Crippen molar-refractivity contribution in [3.63, 3.8) is 0 Å². The Bertz CT molecular complexity index is 1720. The highest BCUT2D eigenvalue weighted by Gasteiger charge is 2.14. The first kappa shape index (κ1) is 40.3. The molecule has 3 heterocycles. The molecular weight excluding hydrogens is 645 g/mol. The van der Waals surface area contributed by atoms with Crippen LogP contribution in [0, 0.1) is 0 Å². The van der Waals surface area contributed by atoms with E-state index >= 15 is 0 Å². The highest BCUT2D eigenvalue weighted by Crippen LogP contribution is 2.34. The van der Waals surface area contributed by atoms with E-state index in [4.69, 9.17) is 35.4 Å². The van der Waals surface area contributed by atoms with Crippen LogP contribution in [-0.4, -0.2) is 53.5 Å². The van der Waals surface area contributed by atoms with Gasteiger partial charge in [0, 0.05) is 53.0 Å². The molecule has 2 aromatic carbocycles. The summed E-state index contributed by atoms with van der Waals surface area (Å²) >= 11 is 1.58. The number of thiazole rings is 1. The highest BCUT2D eigenvalue weighted by atomic mass is 32.1. The van der Waals surface area contributed by atoms with Crippen LogP contribution in [0.25, 0.3) is 33.2 Å². The number of hydrogen-bond acceptors (Lipinski definition) is 11. The summed E-state index contributed by atoms with van der Waals surface area (Å²) in [6.45, 7) is 16.5. The minimum atomic E-state index is 0. The van der Waals surface area contributed by atoms with Gasteiger partial charge in [-0.2, -0.15) is 13.5 Å². The lowest BCUT2D eigenvalue weighted by Gasteiger charge is -2.14. The van der Waals surface area contributed by atoms with Crippen molar-refractivity contribution in [3.8, 4) is 34.4 Å². The van der Waals surface area contributed by atoms with Gasteiger partial charge in [0.25, 0.3) is 0 Å². The van der Waals surface area contributed by atoms with Gasteiger partial charge in [-0.3, -0.25) is 4.98 Å². The molecule has 0 radical (unpaired) electrons. The Morgan fingerprint density at radius 2 is 1.21 bits per heavy atom. The van der Waals surface area contributed by atoms with Crippen molar-refractivity contribution < 1.29 is 18.9 Å². The molecule has 0 aliphatic heterocycles. The maximum Gasteiger partial charge on any atom is 0.183 e. The summed E-state index contributed by atoms with van der Waals surface area (Å²) in [5, 5.41) is 8.17. The molecule has 0 unspecified atom stereocenters. The smallest absolute Gasteiger partial charge is 0.183 e. The molecule has 0 atom stereocenters. The van der Waals surface area contributed by atoms with E-state index in [1.807, 2.05) is 95.5 Å². The van der Waals surface area contributed by atoms with Gasteiger partial charge in [-0.25, -0.2) is 9.97 Å². The van der Waals surface area contributed by atoms with Gasteiger partial charge in [0.2, 0.25) is 0 Å². The van der Waals surface area contributed by atoms with E-state index in [1.54, 1.807) is 25.6 Å². The summed E-state index contributed by atoms with van der Waals surface area (Å²) in [6, 6.07) is 16.1. The third-order valence-corrected chi connectivity index (χ3v) is 6.90. The Morgan fingerprint density at radius 3 is 1.67 bits per heavy atom. The molecule has 0 saturated heterocycles. The molecule has 5 rings (SSSR count). The first-order valence-corrected chi connectivity index (χ1v) is 16.7. The van der Waals surface area contributed by atoms with Crippen LogP contribution in [-0.2, 0) is 6.54 Å². The molecule has 0 bridgehead atoms. The van der Waals surface area contributed by atoms with Crippen LogP contribution in [0.2, 0.25) is 0 Å². The number of pyridine rings is 2. The number of benzene rings is 2. The molecule has 48 heavy (non-hydrogen) atoms. The van der Waals surface area contributed by atoms with Crippen LogP contribution in [0.4, 0.5) is 5.13 Å². The van der Waals surface area contributed by atoms with Gasteiger partial charge in [0.1, 0.15) is 28.7 Å². The van der Waals surface area contributed by atoms with Crippen molar-refractivity contribution in [2.24, 2.45) is 11.5 Å². The number of aromatic nitrogens is 3. The van der Waals surface area contributed by atoms with E-state index in [9.17, 15) is 0 Å². The van der Waals surface area contributed by atoms with E-state index in [0.717, 1.165) is 67.0 Å². The normalized spacial score (nSPS) is 10.8. The van der Waals surface area contributed by atoms with Gasteiger partial charge in [0.05, 0.1) is 48.8 Å². The fourth-order valence-corrected chi connectivity index (χ4v) is 5.15. The summed E-state index contributed by atoms with van der Waals surface area (Å²) in [4.78, 5) is 13.9. The second-order valence-electron chi connectivity index (χ2n) is 12.0. The second-order valence-corrected chi connectivity index (χ2v) is 12.9. The van der Waals surface area contributed by atoms with E-state index in [2.05, 4.69) is 29.1 Å². The Morgan fingerprint density at radius 1 is 0.708 bits per heavy atom. The topological polar surface area (TPSA) is 140 Å².